The van der Waals surface area contributed by atoms with Crippen molar-refractivity contribution in [2.75, 3.05) is 0 Å². The van der Waals surface area contributed by atoms with Crippen molar-refractivity contribution in [1.82, 2.24) is 4.57 Å². The first-order valence-corrected chi connectivity index (χ1v) is 12.9. The lowest BCUT2D eigenvalue weighted by atomic mass is 9.91. The van der Waals surface area contributed by atoms with Gasteiger partial charge < -0.3 is 4.57 Å². The fourth-order valence-electron chi connectivity index (χ4n) is 5.69. The molecule has 7 rings (SSSR count). The number of fused-ring (bicyclic) bond motifs is 7. The van der Waals surface area contributed by atoms with Gasteiger partial charge in [-0.25, -0.2) is 0 Å². The van der Waals surface area contributed by atoms with Gasteiger partial charge in [0.1, 0.15) is 7.85 Å². The second-order valence-electron chi connectivity index (χ2n) is 9.94. The molecule has 7 aromatic rings. The van der Waals surface area contributed by atoms with Crippen LogP contribution in [0.15, 0.2) is 127 Å². The maximum atomic E-state index is 2.37. The Balaban J connectivity index is 1.51. The summed E-state index contributed by atoms with van der Waals surface area (Å²) in [5, 5.41) is 7.59. The van der Waals surface area contributed by atoms with Crippen LogP contribution in [0.3, 0.4) is 0 Å². The lowest BCUT2D eigenvalue weighted by molar-refractivity contribution is 1.18. The molecule has 0 radical (unpaired) electrons. The number of rotatable bonds is 2. The number of aryl methyl sites for hydroxylation is 1. The molecule has 0 aliphatic rings. The maximum Gasteiger partial charge on any atom is 0.140 e. The largest absolute Gasteiger partial charge is 0.309 e. The third-order valence-electron chi connectivity index (χ3n) is 7.74. The third-order valence-corrected chi connectivity index (χ3v) is 7.74. The molecule has 0 fully saturated rings. The van der Waals surface area contributed by atoms with E-state index in [9.17, 15) is 0 Å². The monoisotopic (exact) mass is 471 g/mol. The molecule has 2 heteroatoms. The normalized spacial score (nSPS) is 11.5. The van der Waals surface area contributed by atoms with Gasteiger partial charge in [0.25, 0.3) is 0 Å². The van der Waals surface area contributed by atoms with Gasteiger partial charge in [0.15, 0.2) is 0 Å². The minimum atomic E-state index is 1.18. The number of para-hydroxylation sites is 2. The zero-order valence-corrected chi connectivity index (χ0v) is 21.1. The summed E-state index contributed by atoms with van der Waals surface area (Å²) in [5.41, 5.74) is 8.75. The van der Waals surface area contributed by atoms with Crippen LogP contribution in [0.1, 0.15) is 5.56 Å². The highest BCUT2D eigenvalue weighted by atomic mass is 15.0. The van der Waals surface area contributed by atoms with Crippen LogP contribution in [0, 0.1) is 6.92 Å². The highest BCUT2D eigenvalue weighted by Crippen LogP contribution is 2.37. The Hall–Kier alpha value is -4.56. The zero-order valence-electron chi connectivity index (χ0n) is 21.1. The van der Waals surface area contributed by atoms with Crippen molar-refractivity contribution in [2.24, 2.45) is 0 Å². The molecule has 0 saturated carbocycles. The molecule has 1 aromatic heterocycles. The summed E-state index contributed by atoms with van der Waals surface area (Å²) in [7, 11) is 2.17. The van der Waals surface area contributed by atoms with Crippen LogP contribution in [-0.2, 0) is 0 Å². The van der Waals surface area contributed by atoms with E-state index in [1.54, 1.807) is 0 Å². The number of hydrogen-bond acceptors (Lipinski definition) is 0. The van der Waals surface area contributed by atoms with E-state index >= 15 is 0 Å². The lowest BCUT2D eigenvalue weighted by Gasteiger charge is -2.11. The van der Waals surface area contributed by atoms with Crippen molar-refractivity contribution in [2.45, 2.75) is 6.92 Å². The Labute approximate surface area is 217 Å². The lowest BCUT2D eigenvalue weighted by Crippen LogP contribution is -2.00. The standard InChI is InChI=1S/C35H26BN/c1-23-25-13-14-27-21-24(12-19-33(27)36)11-17-29(23)30(18-15-25)26-16-20-35-32(22-26)31-9-5-6-10-34(31)37(35)28-7-3-2-4-8-28/h2-22H,36H2,1H3. The fourth-order valence-corrected chi connectivity index (χ4v) is 5.69. The topological polar surface area (TPSA) is 4.93 Å². The van der Waals surface area contributed by atoms with Crippen LogP contribution in [0.2, 0.25) is 0 Å². The quantitative estimate of drug-likeness (QED) is 0.226. The molecule has 0 aliphatic heterocycles. The van der Waals surface area contributed by atoms with Gasteiger partial charge in [-0.3, -0.25) is 0 Å². The van der Waals surface area contributed by atoms with Crippen molar-refractivity contribution >= 4 is 56.7 Å². The van der Waals surface area contributed by atoms with Crippen molar-refractivity contribution < 1.29 is 0 Å². The molecule has 0 N–H and O–H groups in total. The minimum Gasteiger partial charge on any atom is -0.309 e. The molecule has 0 atom stereocenters. The van der Waals surface area contributed by atoms with Gasteiger partial charge in [-0.2, -0.15) is 0 Å². The van der Waals surface area contributed by atoms with Crippen molar-refractivity contribution in [3.63, 3.8) is 0 Å². The van der Waals surface area contributed by atoms with Crippen molar-refractivity contribution in [1.29, 1.82) is 0 Å². The Bertz CT molecular complexity index is 2000. The summed E-state index contributed by atoms with van der Waals surface area (Å²) in [4.78, 5) is 0. The van der Waals surface area contributed by atoms with Gasteiger partial charge in [0.2, 0.25) is 0 Å². The predicted octanol–water partition coefficient (Wildman–Crippen LogP) is 7.89. The molecule has 174 valence electrons. The molecule has 1 nitrogen and oxygen atoms in total. The van der Waals surface area contributed by atoms with E-state index in [1.807, 2.05) is 0 Å². The average Bonchev–Trinajstić information content (AvgIpc) is 3.26. The number of nitrogens with zero attached hydrogens (tertiary/aromatic N) is 1. The van der Waals surface area contributed by atoms with E-state index in [4.69, 9.17) is 0 Å². The van der Waals surface area contributed by atoms with E-state index in [0.717, 1.165) is 0 Å². The SMILES string of the molecule is Bc1ccc2ccc3c(-c4ccc5c(c4)c4ccccc4n5-c4ccccc4)ccc(ccc1c2)c3C. The van der Waals surface area contributed by atoms with E-state index < -0.39 is 0 Å². The van der Waals surface area contributed by atoms with E-state index in [-0.39, 0.29) is 0 Å². The van der Waals surface area contributed by atoms with E-state index in [2.05, 4.69) is 147 Å². The summed E-state index contributed by atoms with van der Waals surface area (Å²) in [5.74, 6) is 0. The van der Waals surface area contributed by atoms with Crippen LogP contribution in [0.4, 0.5) is 0 Å². The van der Waals surface area contributed by atoms with E-state index in [1.165, 1.54) is 71.2 Å². The Morgan fingerprint density at radius 3 is 2.16 bits per heavy atom. The Morgan fingerprint density at radius 1 is 0.541 bits per heavy atom. The fraction of sp³-hybridized carbons (Fsp3) is 0.0286. The molecule has 37 heavy (non-hydrogen) atoms. The van der Waals surface area contributed by atoms with Crippen LogP contribution in [0.5, 0.6) is 0 Å². The number of hydrogen-bond donors (Lipinski definition) is 0. The van der Waals surface area contributed by atoms with Gasteiger partial charge in [0.05, 0.1) is 11.0 Å². The highest BCUT2D eigenvalue weighted by Gasteiger charge is 2.14. The molecule has 4 bridgehead atoms. The van der Waals surface area contributed by atoms with E-state index in [0.29, 0.717) is 0 Å². The number of aromatic nitrogens is 1. The Kier molecular flexibility index (Phi) is 5.01. The van der Waals surface area contributed by atoms with Crippen LogP contribution in [0.25, 0.3) is 60.2 Å². The third kappa shape index (κ3) is 3.57. The predicted molar refractivity (Wildman–Crippen MR) is 163 cm³/mol. The molecular formula is C35H26BN. The first kappa shape index (κ1) is 21.7. The molecule has 0 aliphatic carbocycles. The molecule has 0 saturated heterocycles. The molecular weight excluding hydrogens is 445 g/mol. The van der Waals surface area contributed by atoms with Gasteiger partial charge in [0, 0.05) is 16.5 Å². The molecule has 1 heterocycles. The summed E-state index contributed by atoms with van der Waals surface area (Å²) in [6.45, 7) is 2.24. The summed E-state index contributed by atoms with van der Waals surface area (Å²) in [6, 6.07) is 46.5. The number of benzene rings is 5. The Morgan fingerprint density at radius 2 is 1.27 bits per heavy atom. The van der Waals surface area contributed by atoms with Gasteiger partial charge >= 0.3 is 0 Å². The zero-order chi connectivity index (χ0) is 24.9. The van der Waals surface area contributed by atoms with Gasteiger partial charge in [-0.1, -0.05) is 96.5 Å². The smallest absolute Gasteiger partial charge is 0.140 e. The average molecular weight is 471 g/mol. The molecule has 0 amide bonds. The minimum absolute atomic E-state index is 1.18. The van der Waals surface area contributed by atoms with Crippen LogP contribution in [-0.4, -0.2) is 12.4 Å². The van der Waals surface area contributed by atoms with Crippen LogP contribution < -0.4 is 5.46 Å². The first-order chi connectivity index (χ1) is 18.2. The van der Waals surface area contributed by atoms with Crippen molar-refractivity contribution in [3.05, 3.63) is 133 Å². The second-order valence-corrected chi connectivity index (χ2v) is 9.94. The van der Waals surface area contributed by atoms with Crippen LogP contribution >= 0.6 is 0 Å². The summed E-state index contributed by atoms with van der Waals surface area (Å²) < 4.78 is 2.37. The summed E-state index contributed by atoms with van der Waals surface area (Å²) >= 11 is 0. The second kappa shape index (κ2) is 8.53. The molecule has 6 aromatic carbocycles. The first-order valence-electron chi connectivity index (χ1n) is 12.9. The van der Waals surface area contributed by atoms with Gasteiger partial charge in [-0.05, 0) is 81.6 Å². The van der Waals surface area contributed by atoms with Crippen molar-refractivity contribution in [3.8, 4) is 16.8 Å². The molecule has 0 spiro atoms. The summed E-state index contributed by atoms with van der Waals surface area (Å²) in [6.07, 6.45) is 0. The molecule has 0 unspecified atom stereocenters. The van der Waals surface area contributed by atoms with Gasteiger partial charge in [-0.15, -0.1) is 0 Å². The maximum absolute atomic E-state index is 2.37. The highest BCUT2D eigenvalue weighted by molar-refractivity contribution is 6.37.